The Hall–Kier alpha value is -1.06. The molecule has 124 valence electrons. The lowest BCUT2D eigenvalue weighted by Crippen LogP contribution is -2.48. The van der Waals surface area contributed by atoms with Crippen molar-refractivity contribution in [2.75, 3.05) is 20.1 Å². The first-order valence-corrected chi connectivity index (χ1v) is 12.4. The molecule has 1 fully saturated rings. The van der Waals surface area contributed by atoms with Crippen LogP contribution in [-0.2, 0) is 12.8 Å². The number of likely N-dealkylation sites (tertiary alicyclic amines) is 1. The van der Waals surface area contributed by atoms with Crippen LogP contribution in [0.25, 0.3) is 5.70 Å². The van der Waals surface area contributed by atoms with E-state index in [1.165, 1.54) is 45.2 Å². The topological polar surface area (TPSA) is 15.3 Å². The van der Waals surface area contributed by atoms with Gasteiger partial charge in [0.25, 0.3) is 0 Å². The van der Waals surface area contributed by atoms with Crippen molar-refractivity contribution >= 4 is 13.9 Å². The van der Waals surface area contributed by atoms with Crippen LogP contribution < -0.4 is 4.98 Å². The molecule has 1 N–H and O–H groups in total. The van der Waals surface area contributed by atoms with Gasteiger partial charge in [0, 0.05) is 29.9 Å². The second kappa shape index (κ2) is 5.49. The molecule has 2 nitrogen and oxygen atoms in total. The molecule has 1 aromatic carbocycles. The number of allylic oxidation sites excluding steroid dienone is 1. The zero-order chi connectivity index (χ0) is 16.2. The van der Waals surface area contributed by atoms with Crippen molar-refractivity contribution in [1.29, 1.82) is 0 Å². The molecule has 0 spiro atoms. The molecule has 23 heavy (non-hydrogen) atoms. The van der Waals surface area contributed by atoms with Crippen molar-refractivity contribution < 1.29 is 0 Å². The van der Waals surface area contributed by atoms with E-state index in [-0.39, 0.29) is 0 Å². The summed E-state index contributed by atoms with van der Waals surface area (Å²) in [5.74, 6) is 0. The number of fused-ring (bicyclic) bond motifs is 2. The maximum absolute atomic E-state index is 3.72. The van der Waals surface area contributed by atoms with Gasteiger partial charge in [-0.1, -0.05) is 19.2 Å². The minimum absolute atomic E-state index is 0.629. The summed E-state index contributed by atoms with van der Waals surface area (Å²) in [6.07, 6.45) is 6.63. The minimum atomic E-state index is -1.52. The zero-order valence-corrected chi connectivity index (χ0v) is 16.1. The second-order valence-corrected chi connectivity index (χ2v) is 12.7. The molecule has 0 saturated carbocycles. The zero-order valence-electron chi connectivity index (χ0n) is 15.1. The highest BCUT2D eigenvalue weighted by Crippen LogP contribution is 2.49. The normalized spacial score (nSPS) is 23.7. The van der Waals surface area contributed by atoms with Gasteiger partial charge in [-0.3, -0.25) is 0 Å². The molecule has 1 unspecified atom stereocenters. The summed E-state index contributed by atoms with van der Waals surface area (Å²) in [6, 6.07) is 5.15. The minimum Gasteiger partial charge on any atom is -0.371 e. The van der Waals surface area contributed by atoms with E-state index in [0.717, 1.165) is 0 Å². The molecule has 1 aliphatic heterocycles. The second-order valence-electron chi connectivity index (χ2n) is 8.19. The molecular weight excluding hydrogens is 296 g/mol. The summed E-state index contributed by atoms with van der Waals surface area (Å²) >= 11 is 0. The van der Waals surface area contributed by atoms with Crippen molar-refractivity contribution in [3.05, 3.63) is 40.0 Å². The van der Waals surface area contributed by atoms with E-state index >= 15 is 0 Å². The molecule has 1 atom stereocenters. The third kappa shape index (κ3) is 2.32. The van der Waals surface area contributed by atoms with E-state index in [4.69, 9.17) is 0 Å². The third-order valence-electron chi connectivity index (χ3n) is 6.42. The molecule has 3 aliphatic rings. The van der Waals surface area contributed by atoms with Gasteiger partial charge in [0.15, 0.2) is 0 Å². The molecule has 0 aromatic heterocycles. The number of hydrogen-bond donors (Lipinski definition) is 1. The fraction of sp³-hybridized carbons (Fsp3) is 0.600. The van der Waals surface area contributed by atoms with Crippen molar-refractivity contribution in [3.63, 3.8) is 0 Å². The SMILES string of the molecule is CN[Si](C)(C)C1C(C)=C(N2CCCC2)c2cc3c(cc21)CCC3. The Kier molecular flexibility index (Phi) is 3.69. The molecule has 0 radical (unpaired) electrons. The van der Waals surface area contributed by atoms with Crippen molar-refractivity contribution in [3.8, 4) is 0 Å². The maximum atomic E-state index is 3.72. The molecule has 1 aromatic rings. The van der Waals surface area contributed by atoms with E-state index in [2.05, 4.69) is 49.1 Å². The number of aryl methyl sites for hydroxylation is 2. The Labute approximate surface area is 142 Å². The summed E-state index contributed by atoms with van der Waals surface area (Å²) in [4.78, 5) is 6.40. The Morgan fingerprint density at radius 3 is 2.35 bits per heavy atom. The average molecular weight is 327 g/mol. The highest BCUT2D eigenvalue weighted by molar-refractivity contribution is 6.77. The molecule has 0 amide bonds. The molecular formula is C20H30N2Si. The first-order valence-electron chi connectivity index (χ1n) is 9.33. The fourth-order valence-electron chi connectivity index (χ4n) is 5.10. The van der Waals surface area contributed by atoms with Crippen molar-refractivity contribution in [2.24, 2.45) is 0 Å². The smallest absolute Gasteiger partial charge is 0.130 e. The first-order chi connectivity index (χ1) is 11.0. The van der Waals surface area contributed by atoms with Crippen LogP contribution in [0.15, 0.2) is 17.7 Å². The van der Waals surface area contributed by atoms with Gasteiger partial charge in [-0.05, 0) is 74.4 Å². The lowest BCUT2D eigenvalue weighted by Gasteiger charge is -2.31. The average Bonchev–Trinajstić information content (AvgIpc) is 3.22. The number of benzene rings is 1. The van der Waals surface area contributed by atoms with E-state index in [9.17, 15) is 0 Å². The monoisotopic (exact) mass is 326 g/mol. The largest absolute Gasteiger partial charge is 0.371 e. The molecule has 1 saturated heterocycles. The van der Waals surface area contributed by atoms with E-state index in [1.54, 1.807) is 33.5 Å². The van der Waals surface area contributed by atoms with Crippen LogP contribution >= 0.6 is 0 Å². The van der Waals surface area contributed by atoms with Gasteiger partial charge in [0.2, 0.25) is 0 Å². The van der Waals surface area contributed by atoms with Gasteiger partial charge in [-0.15, -0.1) is 0 Å². The van der Waals surface area contributed by atoms with Gasteiger partial charge in [0.05, 0.1) is 0 Å². The highest BCUT2D eigenvalue weighted by Gasteiger charge is 2.42. The summed E-state index contributed by atoms with van der Waals surface area (Å²) in [7, 11) is 0.649. The van der Waals surface area contributed by atoms with Crippen LogP contribution in [0.2, 0.25) is 13.1 Å². The van der Waals surface area contributed by atoms with Gasteiger partial charge in [-0.2, -0.15) is 0 Å². The lowest BCUT2D eigenvalue weighted by atomic mass is 10.0. The summed E-state index contributed by atoms with van der Waals surface area (Å²) in [5, 5.41) is 0. The van der Waals surface area contributed by atoms with Gasteiger partial charge >= 0.3 is 0 Å². The lowest BCUT2D eigenvalue weighted by molar-refractivity contribution is 0.491. The van der Waals surface area contributed by atoms with Crippen LogP contribution in [-0.4, -0.2) is 33.3 Å². The van der Waals surface area contributed by atoms with Gasteiger partial charge in [0.1, 0.15) is 8.24 Å². The van der Waals surface area contributed by atoms with Crippen LogP contribution in [0, 0.1) is 0 Å². The molecule has 1 heterocycles. The van der Waals surface area contributed by atoms with E-state index in [0.29, 0.717) is 5.54 Å². The Balaban J connectivity index is 1.89. The van der Waals surface area contributed by atoms with Crippen LogP contribution in [0.5, 0.6) is 0 Å². The van der Waals surface area contributed by atoms with E-state index in [1.807, 2.05) is 0 Å². The third-order valence-corrected chi connectivity index (χ3v) is 9.90. The first kappa shape index (κ1) is 15.5. The fourth-order valence-corrected chi connectivity index (χ4v) is 7.63. The quantitative estimate of drug-likeness (QED) is 0.843. The van der Waals surface area contributed by atoms with Crippen LogP contribution in [0.4, 0.5) is 0 Å². The predicted molar refractivity (Wildman–Crippen MR) is 101 cm³/mol. The Morgan fingerprint density at radius 1 is 1.04 bits per heavy atom. The Morgan fingerprint density at radius 2 is 1.70 bits per heavy atom. The van der Waals surface area contributed by atoms with Crippen molar-refractivity contribution in [1.82, 2.24) is 9.88 Å². The Bertz CT molecular complexity index is 668. The summed E-state index contributed by atoms with van der Waals surface area (Å²) in [5.41, 5.74) is 10.3. The number of nitrogens with one attached hydrogen (secondary N) is 1. The molecule has 2 aliphatic carbocycles. The number of rotatable bonds is 3. The summed E-state index contributed by atoms with van der Waals surface area (Å²) < 4.78 is 0. The van der Waals surface area contributed by atoms with Crippen molar-refractivity contribution in [2.45, 2.75) is 57.7 Å². The highest BCUT2D eigenvalue weighted by atomic mass is 28.3. The van der Waals surface area contributed by atoms with Crippen LogP contribution in [0.3, 0.4) is 0 Å². The predicted octanol–water partition coefficient (Wildman–Crippen LogP) is 4.06. The molecule has 0 bridgehead atoms. The maximum Gasteiger partial charge on any atom is 0.130 e. The number of hydrogen-bond acceptors (Lipinski definition) is 2. The van der Waals surface area contributed by atoms with Gasteiger partial charge < -0.3 is 9.88 Å². The molecule has 3 heteroatoms. The van der Waals surface area contributed by atoms with Gasteiger partial charge in [-0.25, -0.2) is 0 Å². The molecule has 4 rings (SSSR count). The van der Waals surface area contributed by atoms with E-state index < -0.39 is 8.24 Å². The standard InChI is InChI=1S/C20H30N2Si/c1-14-19(22-10-5-6-11-22)17-12-15-8-7-9-16(15)13-18(17)20(14)23(3,4)21-2/h12-13,20-21H,5-11H2,1-4H3. The van der Waals surface area contributed by atoms with Crippen LogP contribution in [0.1, 0.15) is 54.0 Å². The number of nitrogens with zero attached hydrogens (tertiary/aromatic N) is 1. The summed E-state index contributed by atoms with van der Waals surface area (Å²) in [6.45, 7) is 9.89.